The van der Waals surface area contributed by atoms with Gasteiger partial charge in [0.15, 0.2) is 22.5 Å². The van der Waals surface area contributed by atoms with Crippen LogP contribution in [-0.2, 0) is 6.54 Å². The van der Waals surface area contributed by atoms with Crippen LogP contribution < -0.4 is 14.8 Å². The molecule has 1 aromatic carbocycles. The predicted molar refractivity (Wildman–Crippen MR) is 69.7 cm³/mol. The van der Waals surface area contributed by atoms with Gasteiger partial charge in [-0.25, -0.2) is 0 Å². The van der Waals surface area contributed by atoms with Crippen LogP contribution in [0, 0.1) is 0 Å². The van der Waals surface area contributed by atoms with Crippen molar-refractivity contribution in [2.24, 2.45) is 0 Å². The van der Waals surface area contributed by atoms with Crippen molar-refractivity contribution in [2.75, 3.05) is 12.1 Å². The molecule has 1 aliphatic rings. The number of hydrogen-bond donors (Lipinski definition) is 1. The molecule has 0 aliphatic carbocycles. The monoisotopic (exact) mass is 298 g/mol. The van der Waals surface area contributed by atoms with Gasteiger partial charge in [0.25, 0.3) is 0 Å². The van der Waals surface area contributed by atoms with Gasteiger partial charge in [-0.15, -0.1) is 10.2 Å². The molecule has 0 unspecified atom stereocenters. The summed E-state index contributed by atoms with van der Waals surface area (Å²) in [6.45, 7) is 0.759. The third-order valence-corrected chi connectivity index (χ3v) is 2.93. The van der Waals surface area contributed by atoms with Gasteiger partial charge in [0.2, 0.25) is 12.1 Å². The van der Waals surface area contributed by atoms with Crippen LogP contribution in [0.1, 0.15) is 5.56 Å². The highest BCUT2D eigenvalue weighted by Gasteiger charge is 2.13. The van der Waals surface area contributed by atoms with Gasteiger partial charge in [-0.2, -0.15) is 4.98 Å². The lowest BCUT2D eigenvalue weighted by molar-refractivity contribution is 0.174. The van der Waals surface area contributed by atoms with Crippen molar-refractivity contribution in [1.29, 1.82) is 0 Å². The highest BCUT2D eigenvalue weighted by atomic mass is 35.5. The molecule has 8 heteroatoms. The molecule has 2 aromatic rings. The smallest absolute Gasteiger partial charge is 0.245 e. The first-order chi connectivity index (χ1) is 9.22. The van der Waals surface area contributed by atoms with E-state index in [9.17, 15) is 0 Å². The molecule has 0 bridgehead atoms. The van der Waals surface area contributed by atoms with Gasteiger partial charge >= 0.3 is 0 Å². The van der Waals surface area contributed by atoms with E-state index in [2.05, 4.69) is 20.5 Å². The van der Waals surface area contributed by atoms with Gasteiger partial charge in [0.1, 0.15) is 0 Å². The number of nitrogens with zero attached hydrogens (tertiary/aromatic N) is 3. The normalized spacial score (nSPS) is 12.5. The zero-order valence-corrected chi connectivity index (χ0v) is 11.1. The number of ether oxygens (including phenoxy) is 2. The maximum atomic E-state index is 5.85. The zero-order valence-electron chi connectivity index (χ0n) is 9.56. The van der Waals surface area contributed by atoms with E-state index in [4.69, 9.17) is 32.7 Å². The summed E-state index contributed by atoms with van der Waals surface area (Å²) < 4.78 is 10.5. The Labute approximate surface area is 118 Å². The summed E-state index contributed by atoms with van der Waals surface area (Å²) >= 11 is 11.5. The van der Waals surface area contributed by atoms with E-state index in [1.165, 1.54) is 0 Å². The minimum absolute atomic E-state index is 0.0394. The highest BCUT2D eigenvalue weighted by Crippen LogP contribution is 2.32. The van der Waals surface area contributed by atoms with E-state index in [-0.39, 0.29) is 17.2 Å². The Morgan fingerprint density at radius 2 is 2.00 bits per heavy atom. The summed E-state index contributed by atoms with van der Waals surface area (Å²) in [5, 5.41) is 10.4. The summed E-state index contributed by atoms with van der Waals surface area (Å²) in [6.07, 6.45) is 0. The first-order valence-electron chi connectivity index (χ1n) is 5.40. The van der Waals surface area contributed by atoms with Crippen LogP contribution in [0.5, 0.6) is 11.5 Å². The number of nitrogens with one attached hydrogen (secondary N) is 1. The molecular weight excluding hydrogens is 291 g/mol. The van der Waals surface area contributed by atoms with Crippen molar-refractivity contribution in [3.05, 3.63) is 34.2 Å². The van der Waals surface area contributed by atoms with Crippen molar-refractivity contribution < 1.29 is 9.47 Å². The number of hydrogen-bond acceptors (Lipinski definition) is 6. The number of rotatable bonds is 3. The Kier molecular flexibility index (Phi) is 3.27. The first-order valence-corrected chi connectivity index (χ1v) is 6.16. The lowest BCUT2D eigenvalue weighted by Crippen LogP contribution is -2.04. The van der Waals surface area contributed by atoms with Crippen LogP contribution in [-0.4, -0.2) is 22.0 Å². The van der Waals surface area contributed by atoms with Crippen LogP contribution in [0.25, 0.3) is 0 Å². The van der Waals surface area contributed by atoms with Gasteiger partial charge in [-0.3, -0.25) is 0 Å². The number of fused-ring (bicyclic) bond motifs is 1. The Morgan fingerprint density at radius 1 is 1.16 bits per heavy atom. The molecule has 0 saturated heterocycles. The lowest BCUT2D eigenvalue weighted by atomic mass is 10.2. The Morgan fingerprint density at radius 3 is 2.89 bits per heavy atom. The first kappa shape index (κ1) is 12.3. The molecule has 0 fully saturated rings. The zero-order chi connectivity index (χ0) is 13.2. The predicted octanol–water partition coefficient (Wildman–Crippen LogP) is 2.52. The van der Waals surface area contributed by atoms with E-state index in [1.54, 1.807) is 0 Å². The second-order valence-corrected chi connectivity index (χ2v) is 4.46. The third-order valence-electron chi connectivity index (χ3n) is 2.52. The minimum atomic E-state index is 0.0394. The fourth-order valence-electron chi connectivity index (χ4n) is 1.64. The van der Waals surface area contributed by atoms with Crippen molar-refractivity contribution in [3.8, 4) is 11.5 Å². The molecule has 0 atom stereocenters. The molecule has 0 amide bonds. The number of anilines is 1. The van der Waals surface area contributed by atoms with Gasteiger partial charge in [-0.1, -0.05) is 17.7 Å². The molecule has 98 valence electrons. The lowest BCUT2D eigenvalue weighted by Gasteiger charge is -2.07. The molecule has 6 nitrogen and oxygen atoms in total. The number of aromatic nitrogens is 3. The van der Waals surface area contributed by atoms with Crippen molar-refractivity contribution >= 4 is 29.0 Å². The van der Waals surface area contributed by atoms with E-state index in [0.717, 1.165) is 17.1 Å². The molecule has 2 heterocycles. The van der Waals surface area contributed by atoms with Gasteiger partial charge < -0.3 is 14.8 Å². The number of benzene rings is 1. The molecule has 0 saturated carbocycles. The van der Waals surface area contributed by atoms with Crippen molar-refractivity contribution in [2.45, 2.75) is 6.54 Å². The third kappa shape index (κ3) is 2.64. The maximum Gasteiger partial charge on any atom is 0.245 e. The highest BCUT2D eigenvalue weighted by molar-refractivity contribution is 6.32. The van der Waals surface area contributed by atoms with Gasteiger partial charge in [-0.05, 0) is 29.3 Å². The van der Waals surface area contributed by atoms with Crippen LogP contribution in [0.3, 0.4) is 0 Å². The molecule has 0 radical (unpaired) electrons. The standard InChI is InChI=1S/C11H8Cl2N4O2/c12-9-10(15-11(13)17-16-9)14-4-6-1-2-7-8(3-6)19-5-18-7/h1-3H,4-5H2,(H,14,15,17). The molecule has 1 N–H and O–H groups in total. The Hall–Kier alpha value is -1.79. The summed E-state index contributed by atoms with van der Waals surface area (Å²) in [7, 11) is 0. The molecule has 19 heavy (non-hydrogen) atoms. The average molecular weight is 299 g/mol. The summed E-state index contributed by atoms with van der Waals surface area (Å²) in [5.74, 6) is 1.86. The van der Waals surface area contributed by atoms with Crippen LogP contribution in [0.4, 0.5) is 5.82 Å². The number of halogens is 2. The van der Waals surface area contributed by atoms with E-state index in [1.807, 2.05) is 18.2 Å². The molecular formula is C11H8Cl2N4O2. The van der Waals surface area contributed by atoms with Gasteiger partial charge in [0.05, 0.1) is 0 Å². The van der Waals surface area contributed by atoms with Crippen LogP contribution in [0.15, 0.2) is 18.2 Å². The van der Waals surface area contributed by atoms with E-state index < -0.39 is 0 Å². The average Bonchev–Trinajstić information content (AvgIpc) is 2.87. The van der Waals surface area contributed by atoms with E-state index >= 15 is 0 Å². The minimum Gasteiger partial charge on any atom is -0.454 e. The largest absolute Gasteiger partial charge is 0.454 e. The Balaban J connectivity index is 1.74. The second-order valence-electron chi connectivity index (χ2n) is 3.76. The fourth-order valence-corrected chi connectivity index (χ4v) is 1.91. The molecule has 3 rings (SSSR count). The van der Waals surface area contributed by atoms with E-state index in [0.29, 0.717) is 12.4 Å². The molecule has 0 spiro atoms. The second kappa shape index (κ2) is 5.07. The summed E-state index contributed by atoms with van der Waals surface area (Å²) in [5.41, 5.74) is 0.995. The van der Waals surface area contributed by atoms with Crippen LogP contribution >= 0.6 is 23.2 Å². The molecule has 1 aromatic heterocycles. The topological polar surface area (TPSA) is 69.2 Å². The molecule has 1 aliphatic heterocycles. The fraction of sp³-hybridized carbons (Fsp3) is 0.182. The SMILES string of the molecule is Clc1nnc(Cl)c(NCc2ccc3c(c2)OCO3)n1. The quantitative estimate of drug-likeness (QED) is 0.939. The van der Waals surface area contributed by atoms with Crippen molar-refractivity contribution in [3.63, 3.8) is 0 Å². The van der Waals surface area contributed by atoms with Crippen molar-refractivity contribution in [1.82, 2.24) is 15.2 Å². The van der Waals surface area contributed by atoms with Gasteiger partial charge in [0, 0.05) is 6.54 Å². The van der Waals surface area contributed by atoms with Crippen LogP contribution in [0.2, 0.25) is 10.4 Å². The Bertz CT molecular complexity index is 624. The summed E-state index contributed by atoms with van der Waals surface area (Å²) in [4.78, 5) is 3.95. The maximum absolute atomic E-state index is 5.85. The summed E-state index contributed by atoms with van der Waals surface area (Å²) in [6, 6.07) is 5.66.